The second-order valence-corrected chi connectivity index (χ2v) is 4.50. The molecule has 0 N–H and O–H groups in total. The summed E-state index contributed by atoms with van der Waals surface area (Å²) >= 11 is 0. The van der Waals surface area contributed by atoms with Crippen LogP contribution in [-0.2, 0) is 6.54 Å². The molecule has 2 nitrogen and oxygen atoms in total. The van der Waals surface area contributed by atoms with Gasteiger partial charge in [0.1, 0.15) is 0 Å². The maximum absolute atomic E-state index is 4.54. The number of benzene rings is 1. The van der Waals surface area contributed by atoms with Crippen LogP contribution in [0.5, 0.6) is 0 Å². The van der Waals surface area contributed by atoms with E-state index in [0.29, 0.717) is 0 Å². The fraction of sp³-hybridized carbons (Fsp3) is 0.409. The molecule has 0 aliphatic carbocycles. The van der Waals surface area contributed by atoms with Crippen LogP contribution in [0.15, 0.2) is 54.9 Å². The average molecular weight is 330 g/mol. The topological polar surface area (TPSA) is 17.8 Å². The van der Waals surface area contributed by atoms with E-state index in [1.807, 2.05) is 53.8 Å². The van der Waals surface area contributed by atoms with E-state index in [2.05, 4.69) is 59.1 Å². The van der Waals surface area contributed by atoms with Gasteiger partial charge in [-0.05, 0) is 24.1 Å². The molecule has 2 heterocycles. The minimum atomic E-state index is 0. The molecule has 24 heavy (non-hydrogen) atoms. The Balaban J connectivity index is 0. The number of aromatic nitrogens is 2. The van der Waals surface area contributed by atoms with Crippen LogP contribution in [0.4, 0.5) is 0 Å². The van der Waals surface area contributed by atoms with Gasteiger partial charge in [-0.25, -0.2) is 0 Å². The highest BCUT2D eigenvalue weighted by Gasteiger charge is 2.04. The zero-order chi connectivity index (χ0) is 18.4. The van der Waals surface area contributed by atoms with Gasteiger partial charge in [0.2, 0.25) is 0 Å². The lowest BCUT2D eigenvalue weighted by Crippen LogP contribution is -1.94. The molecule has 134 valence electrons. The lowest BCUT2D eigenvalue weighted by molar-refractivity contribution is 0.703. The summed E-state index contributed by atoms with van der Waals surface area (Å²) in [6.07, 6.45) is 5.21. The monoisotopic (exact) mass is 329 g/mol. The molecule has 1 aromatic carbocycles. The Bertz CT molecular complexity index is 660. The minimum Gasteiger partial charge on any atom is -0.346 e. The average Bonchev–Trinajstić information content (AvgIpc) is 3.10. The van der Waals surface area contributed by atoms with Gasteiger partial charge in [-0.15, -0.1) is 0 Å². The number of fused-ring (bicyclic) bond motifs is 1. The van der Waals surface area contributed by atoms with E-state index in [4.69, 9.17) is 0 Å². The zero-order valence-corrected chi connectivity index (χ0v) is 16.5. The summed E-state index contributed by atoms with van der Waals surface area (Å²) < 4.78 is 2.27. The summed E-state index contributed by atoms with van der Waals surface area (Å²) in [6, 6.07) is 14.7. The maximum atomic E-state index is 4.54. The molecule has 0 spiro atoms. The molecule has 0 radical (unpaired) electrons. The van der Waals surface area contributed by atoms with Crippen LogP contribution in [-0.4, -0.2) is 9.55 Å². The molecular formula is C22H36N2. The molecule has 0 aliphatic heterocycles. The standard InChI is InChI=1S/C16H16N2.3C2H6.H2/c1-2-9-18-10-8-15-16(18)11-14(12-17-15)13-6-4-3-5-7-13;3*1-2;/h3-8,10-12H,2,9H2,1H3;3*1-2H3;1H/i;;;;1+1. The molecule has 0 amide bonds. The van der Waals surface area contributed by atoms with Crippen LogP contribution < -0.4 is 0 Å². The first kappa shape index (κ1) is 21.9. The van der Waals surface area contributed by atoms with Crippen LogP contribution in [0.25, 0.3) is 22.2 Å². The Morgan fingerprint density at radius 3 is 2.08 bits per heavy atom. The second kappa shape index (κ2) is 13.4. The summed E-state index contributed by atoms with van der Waals surface area (Å²) in [4.78, 5) is 4.54. The maximum Gasteiger partial charge on any atom is 0.0881 e. The Hall–Kier alpha value is -2.09. The Morgan fingerprint density at radius 2 is 1.50 bits per heavy atom. The third-order valence-electron chi connectivity index (χ3n) is 3.19. The summed E-state index contributed by atoms with van der Waals surface area (Å²) in [5.41, 5.74) is 4.69. The predicted molar refractivity (Wildman–Crippen MR) is 112 cm³/mol. The summed E-state index contributed by atoms with van der Waals surface area (Å²) in [5.74, 6) is 0. The van der Waals surface area contributed by atoms with Crippen molar-refractivity contribution in [3.05, 3.63) is 54.9 Å². The number of pyridine rings is 1. The quantitative estimate of drug-likeness (QED) is 0.488. The third kappa shape index (κ3) is 5.84. The molecule has 0 atom stereocenters. The van der Waals surface area contributed by atoms with E-state index >= 15 is 0 Å². The SMILES string of the molecule is CC.CC.CC.CCCn1ccc2ncc(-c3ccccc3)cc21.[2HH]. The van der Waals surface area contributed by atoms with Crippen molar-refractivity contribution in [3.8, 4) is 11.1 Å². The number of hydrogen-bond donors (Lipinski definition) is 0. The van der Waals surface area contributed by atoms with Crippen molar-refractivity contribution >= 4 is 11.0 Å². The molecule has 0 fully saturated rings. The van der Waals surface area contributed by atoms with E-state index in [0.717, 1.165) is 18.5 Å². The second-order valence-electron chi connectivity index (χ2n) is 4.50. The zero-order valence-electron chi connectivity index (χ0n) is 16.5. The van der Waals surface area contributed by atoms with E-state index in [-0.39, 0.29) is 1.43 Å². The first-order valence-electron chi connectivity index (χ1n) is 9.39. The molecule has 2 aromatic heterocycles. The van der Waals surface area contributed by atoms with E-state index in [1.54, 1.807) is 0 Å². The molecular weight excluding hydrogens is 292 g/mol. The van der Waals surface area contributed by atoms with Crippen LogP contribution >= 0.6 is 0 Å². The number of rotatable bonds is 3. The van der Waals surface area contributed by atoms with Crippen molar-refractivity contribution in [1.29, 1.82) is 0 Å². The Labute approximate surface area is 150 Å². The smallest absolute Gasteiger partial charge is 0.0881 e. The first-order chi connectivity index (χ1) is 11.9. The van der Waals surface area contributed by atoms with Gasteiger partial charge >= 0.3 is 0 Å². The fourth-order valence-electron chi connectivity index (χ4n) is 2.29. The third-order valence-corrected chi connectivity index (χ3v) is 3.19. The molecule has 0 aliphatic rings. The highest BCUT2D eigenvalue weighted by atomic mass is 15.0. The summed E-state index contributed by atoms with van der Waals surface area (Å²) in [6.45, 7) is 15.2. The van der Waals surface area contributed by atoms with Crippen molar-refractivity contribution in [2.24, 2.45) is 0 Å². The van der Waals surface area contributed by atoms with Crippen molar-refractivity contribution in [2.75, 3.05) is 0 Å². The highest BCUT2D eigenvalue weighted by molar-refractivity contribution is 5.81. The van der Waals surface area contributed by atoms with E-state index in [9.17, 15) is 0 Å². The lowest BCUT2D eigenvalue weighted by Gasteiger charge is -2.05. The van der Waals surface area contributed by atoms with Crippen molar-refractivity contribution in [2.45, 2.75) is 61.4 Å². The summed E-state index contributed by atoms with van der Waals surface area (Å²) in [5, 5.41) is 0. The molecule has 0 unspecified atom stereocenters. The van der Waals surface area contributed by atoms with Gasteiger partial charge in [-0.3, -0.25) is 4.98 Å². The molecule has 0 saturated heterocycles. The van der Waals surface area contributed by atoms with Gasteiger partial charge in [0.25, 0.3) is 0 Å². The number of hydrogen-bond acceptors (Lipinski definition) is 1. The lowest BCUT2D eigenvalue weighted by atomic mass is 10.1. The largest absolute Gasteiger partial charge is 0.346 e. The Morgan fingerprint density at radius 1 is 0.875 bits per heavy atom. The Kier molecular flexibility index (Phi) is 12.2. The van der Waals surface area contributed by atoms with Gasteiger partial charge in [0, 0.05) is 25.9 Å². The van der Waals surface area contributed by atoms with E-state index < -0.39 is 0 Å². The van der Waals surface area contributed by atoms with Crippen molar-refractivity contribution in [1.82, 2.24) is 9.55 Å². The van der Waals surface area contributed by atoms with E-state index in [1.165, 1.54) is 16.6 Å². The van der Waals surface area contributed by atoms with Gasteiger partial charge in [-0.2, -0.15) is 0 Å². The van der Waals surface area contributed by atoms with Crippen LogP contribution in [0.3, 0.4) is 0 Å². The molecule has 3 rings (SSSR count). The predicted octanol–water partition coefficient (Wildman–Crippen LogP) is 7.44. The van der Waals surface area contributed by atoms with Crippen LogP contribution in [0.2, 0.25) is 0 Å². The molecule has 3 aromatic rings. The minimum absolute atomic E-state index is 0. The first-order valence-corrected chi connectivity index (χ1v) is 9.39. The number of nitrogens with zero attached hydrogens (tertiary/aromatic N) is 2. The van der Waals surface area contributed by atoms with Crippen LogP contribution in [0.1, 0.15) is 56.3 Å². The highest BCUT2D eigenvalue weighted by Crippen LogP contribution is 2.23. The van der Waals surface area contributed by atoms with Crippen molar-refractivity contribution in [3.63, 3.8) is 0 Å². The van der Waals surface area contributed by atoms with Gasteiger partial charge in [0.05, 0.1) is 11.0 Å². The molecule has 0 saturated carbocycles. The van der Waals surface area contributed by atoms with Gasteiger partial charge < -0.3 is 4.57 Å². The molecule has 2 heteroatoms. The molecule has 0 bridgehead atoms. The van der Waals surface area contributed by atoms with Gasteiger partial charge in [0.15, 0.2) is 0 Å². The normalized spacial score (nSPS) is 8.96. The van der Waals surface area contributed by atoms with Gasteiger partial charge in [-0.1, -0.05) is 78.8 Å². The number of aryl methyl sites for hydroxylation is 1. The fourth-order valence-corrected chi connectivity index (χ4v) is 2.29. The van der Waals surface area contributed by atoms with Crippen LogP contribution in [0, 0.1) is 0 Å². The summed E-state index contributed by atoms with van der Waals surface area (Å²) in [7, 11) is 0. The van der Waals surface area contributed by atoms with Crippen molar-refractivity contribution < 1.29 is 1.43 Å².